The summed E-state index contributed by atoms with van der Waals surface area (Å²) >= 11 is 0. The van der Waals surface area contributed by atoms with Crippen LogP contribution in [-0.2, 0) is 6.54 Å². The maximum Gasteiger partial charge on any atom is 0.257 e. The van der Waals surface area contributed by atoms with Crippen LogP contribution in [-0.4, -0.2) is 31.5 Å². The third-order valence-corrected chi connectivity index (χ3v) is 1.86. The Morgan fingerprint density at radius 3 is 3.06 bits per heavy atom. The fourth-order valence-corrected chi connectivity index (χ4v) is 1.11. The zero-order valence-electron chi connectivity index (χ0n) is 8.10. The van der Waals surface area contributed by atoms with E-state index >= 15 is 0 Å². The summed E-state index contributed by atoms with van der Waals surface area (Å²) in [6.45, 7) is 0.115. The van der Waals surface area contributed by atoms with E-state index in [4.69, 9.17) is 0 Å². The number of amides is 1. The van der Waals surface area contributed by atoms with E-state index in [9.17, 15) is 9.59 Å². The predicted octanol–water partition coefficient (Wildman–Crippen LogP) is -1.18. The Morgan fingerprint density at radius 1 is 1.50 bits per heavy atom. The quantitative estimate of drug-likeness (QED) is 0.601. The minimum Gasteiger partial charge on any atom is -0.367 e. The van der Waals surface area contributed by atoms with Gasteiger partial charge in [0.25, 0.3) is 5.91 Å². The van der Waals surface area contributed by atoms with Crippen LogP contribution < -0.4 is 10.7 Å². The number of aromatic nitrogens is 5. The van der Waals surface area contributed by atoms with Gasteiger partial charge in [0.2, 0.25) is 0 Å². The largest absolute Gasteiger partial charge is 0.367 e. The molecule has 3 N–H and O–H groups in total. The lowest BCUT2D eigenvalue weighted by Crippen LogP contribution is -2.28. The summed E-state index contributed by atoms with van der Waals surface area (Å²) in [5.74, 6) is -0.132. The average molecular weight is 220 g/mol. The molecule has 2 aromatic heterocycles. The monoisotopic (exact) mass is 220 g/mol. The van der Waals surface area contributed by atoms with Gasteiger partial charge >= 0.3 is 0 Å². The molecule has 0 bridgehead atoms. The molecule has 0 spiro atoms. The zero-order chi connectivity index (χ0) is 11.4. The summed E-state index contributed by atoms with van der Waals surface area (Å²) in [6, 6.07) is 1.28. The predicted molar refractivity (Wildman–Crippen MR) is 52.4 cm³/mol. The van der Waals surface area contributed by atoms with E-state index in [1.165, 1.54) is 18.5 Å². The molecule has 0 atom stereocenters. The zero-order valence-corrected chi connectivity index (χ0v) is 8.10. The molecule has 1 amide bonds. The third-order valence-electron chi connectivity index (χ3n) is 1.86. The summed E-state index contributed by atoms with van der Waals surface area (Å²) in [5.41, 5.74) is -0.296. The first-order valence-corrected chi connectivity index (χ1v) is 4.45. The van der Waals surface area contributed by atoms with Crippen LogP contribution in [0, 0.1) is 0 Å². The fraction of sp³-hybridized carbons (Fsp3) is 0.125. The first-order chi connectivity index (χ1) is 7.77. The normalized spacial score (nSPS) is 10.0. The second kappa shape index (κ2) is 4.34. The van der Waals surface area contributed by atoms with E-state index in [-0.39, 0.29) is 17.5 Å². The maximum atomic E-state index is 11.5. The Labute approximate surface area is 89.1 Å². The minimum atomic E-state index is -0.480. The second-order valence-corrected chi connectivity index (χ2v) is 2.93. The van der Waals surface area contributed by atoms with Gasteiger partial charge in [-0.2, -0.15) is 5.21 Å². The molecular formula is C8H8N6O2. The molecule has 8 heteroatoms. The minimum absolute atomic E-state index is 0.0472. The summed E-state index contributed by atoms with van der Waals surface area (Å²) in [5, 5.41) is 15.4. The molecule has 8 nitrogen and oxygen atoms in total. The van der Waals surface area contributed by atoms with Crippen molar-refractivity contribution in [1.29, 1.82) is 0 Å². The number of rotatable bonds is 3. The molecule has 2 aromatic rings. The Morgan fingerprint density at radius 2 is 2.38 bits per heavy atom. The van der Waals surface area contributed by atoms with Crippen molar-refractivity contribution in [3.63, 3.8) is 0 Å². The van der Waals surface area contributed by atoms with E-state index in [1.807, 2.05) is 0 Å². The lowest BCUT2D eigenvalue weighted by molar-refractivity contribution is 0.0948. The molecule has 0 radical (unpaired) electrons. The van der Waals surface area contributed by atoms with Crippen molar-refractivity contribution in [2.75, 3.05) is 0 Å². The van der Waals surface area contributed by atoms with Gasteiger partial charge in [-0.1, -0.05) is 5.21 Å². The lowest BCUT2D eigenvalue weighted by Gasteiger charge is -2.00. The van der Waals surface area contributed by atoms with Gasteiger partial charge in [-0.25, -0.2) is 0 Å². The van der Waals surface area contributed by atoms with Crippen LogP contribution in [0.15, 0.2) is 23.3 Å². The first-order valence-electron chi connectivity index (χ1n) is 4.45. The standard InChI is InChI=1S/C8H8N6O2/c15-6-1-2-9-3-5(6)8(16)10-4-7-11-13-14-12-7/h1-3H,4H2,(H,9,15)(H,10,16)(H,11,12,13,14). The van der Waals surface area contributed by atoms with Crippen molar-refractivity contribution >= 4 is 5.91 Å². The number of aromatic amines is 2. The summed E-state index contributed by atoms with van der Waals surface area (Å²) in [7, 11) is 0. The van der Waals surface area contributed by atoms with Crippen molar-refractivity contribution in [1.82, 2.24) is 30.9 Å². The van der Waals surface area contributed by atoms with Gasteiger partial charge in [0.05, 0.1) is 6.54 Å². The van der Waals surface area contributed by atoms with Crippen molar-refractivity contribution in [2.45, 2.75) is 6.54 Å². The third kappa shape index (κ3) is 2.11. The van der Waals surface area contributed by atoms with Crippen LogP contribution in [0.2, 0.25) is 0 Å². The molecule has 0 saturated heterocycles. The highest BCUT2D eigenvalue weighted by Crippen LogP contribution is 1.89. The molecule has 0 aliphatic heterocycles. The van der Waals surface area contributed by atoms with Gasteiger partial charge in [-0.3, -0.25) is 9.59 Å². The van der Waals surface area contributed by atoms with Gasteiger partial charge in [-0.15, -0.1) is 10.2 Å². The van der Waals surface area contributed by atoms with Gasteiger partial charge in [0.15, 0.2) is 11.3 Å². The van der Waals surface area contributed by atoms with E-state index in [1.54, 1.807) is 0 Å². The molecule has 2 heterocycles. The first kappa shape index (κ1) is 10.0. The molecule has 16 heavy (non-hydrogen) atoms. The molecule has 82 valence electrons. The molecule has 0 aliphatic carbocycles. The van der Waals surface area contributed by atoms with Crippen LogP contribution in [0.3, 0.4) is 0 Å². The van der Waals surface area contributed by atoms with E-state index in [0.717, 1.165) is 0 Å². The highest BCUT2D eigenvalue weighted by atomic mass is 16.2. The number of carbonyl (C=O) groups is 1. The van der Waals surface area contributed by atoms with Crippen molar-refractivity contribution in [3.05, 3.63) is 40.1 Å². The molecule has 0 unspecified atom stereocenters. The van der Waals surface area contributed by atoms with Crippen molar-refractivity contribution < 1.29 is 4.79 Å². The number of hydrogen-bond donors (Lipinski definition) is 3. The Bertz CT molecular complexity index is 531. The van der Waals surface area contributed by atoms with Crippen molar-refractivity contribution in [3.8, 4) is 0 Å². The van der Waals surface area contributed by atoms with Crippen LogP contribution >= 0.6 is 0 Å². The van der Waals surface area contributed by atoms with Crippen LogP contribution in [0.5, 0.6) is 0 Å². The number of hydrogen-bond acceptors (Lipinski definition) is 5. The van der Waals surface area contributed by atoms with E-state index < -0.39 is 5.91 Å². The van der Waals surface area contributed by atoms with Gasteiger partial charge in [0, 0.05) is 18.5 Å². The molecule has 0 aromatic carbocycles. The smallest absolute Gasteiger partial charge is 0.257 e. The van der Waals surface area contributed by atoms with Crippen LogP contribution in [0.4, 0.5) is 0 Å². The number of H-pyrrole nitrogens is 2. The topological polar surface area (TPSA) is 116 Å². The number of tetrazole rings is 1. The summed E-state index contributed by atoms with van der Waals surface area (Å²) in [6.07, 6.45) is 2.80. The summed E-state index contributed by atoms with van der Waals surface area (Å²) < 4.78 is 0. The SMILES string of the molecule is O=C(NCc1nn[nH]n1)c1c[nH]ccc1=O. The Kier molecular flexibility index (Phi) is 2.72. The molecule has 2 rings (SSSR count). The van der Waals surface area contributed by atoms with Crippen molar-refractivity contribution in [2.24, 2.45) is 0 Å². The molecule has 0 fully saturated rings. The maximum absolute atomic E-state index is 11.5. The summed E-state index contributed by atoms with van der Waals surface area (Å²) in [4.78, 5) is 25.5. The molecule has 0 aliphatic rings. The van der Waals surface area contributed by atoms with Crippen LogP contribution in [0.1, 0.15) is 16.2 Å². The van der Waals surface area contributed by atoms with Crippen LogP contribution in [0.25, 0.3) is 0 Å². The van der Waals surface area contributed by atoms with E-state index in [2.05, 4.69) is 30.9 Å². The van der Waals surface area contributed by atoms with E-state index in [0.29, 0.717) is 5.82 Å². The highest BCUT2D eigenvalue weighted by molar-refractivity contribution is 5.93. The second-order valence-electron chi connectivity index (χ2n) is 2.93. The fourth-order valence-electron chi connectivity index (χ4n) is 1.11. The number of nitrogens with zero attached hydrogens (tertiary/aromatic N) is 3. The number of carbonyl (C=O) groups excluding carboxylic acids is 1. The number of nitrogens with one attached hydrogen (secondary N) is 3. The lowest BCUT2D eigenvalue weighted by atomic mass is 10.2. The molecule has 0 saturated carbocycles. The average Bonchev–Trinajstić information content (AvgIpc) is 2.79. The van der Waals surface area contributed by atoms with Gasteiger partial charge in [0.1, 0.15) is 5.56 Å². The van der Waals surface area contributed by atoms with Gasteiger partial charge < -0.3 is 10.3 Å². The highest BCUT2D eigenvalue weighted by Gasteiger charge is 2.09. The van der Waals surface area contributed by atoms with Gasteiger partial charge in [-0.05, 0) is 0 Å². The Balaban J connectivity index is 2.04. The Hall–Kier alpha value is -2.51. The number of pyridine rings is 1. The molecular weight excluding hydrogens is 212 g/mol.